The first-order chi connectivity index (χ1) is 8.97. The molecule has 0 amide bonds. The van der Waals surface area contributed by atoms with Crippen LogP contribution in [0, 0.1) is 6.92 Å². The number of nitrogens with two attached hydrogens (primary N) is 1. The van der Waals surface area contributed by atoms with Gasteiger partial charge in [0.15, 0.2) is 5.82 Å². The molecule has 0 radical (unpaired) electrons. The number of aromatic nitrogens is 4. The number of aryl methyl sites for hydroxylation is 1. The molecule has 3 rings (SSSR count). The minimum atomic E-state index is -3.86. The van der Waals surface area contributed by atoms with Gasteiger partial charge in [-0.25, -0.2) is 13.6 Å². The predicted octanol–water partition coefficient (Wildman–Crippen LogP) is 0.631. The van der Waals surface area contributed by atoms with Crippen LogP contribution in [0.2, 0.25) is 0 Å². The molecule has 19 heavy (non-hydrogen) atoms. The lowest BCUT2D eigenvalue weighted by Gasteiger charge is -2.07. The summed E-state index contributed by atoms with van der Waals surface area (Å²) in [6, 6.07) is 3.80. The Balaban J connectivity index is 2.17. The van der Waals surface area contributed by atoms with E-state index >= 15 is 0 Å². The molecule has 2 heterocycles. The second kappa shape index (κ2) is 4.10. The molecule has 2 N–H and O–H groups in total. The van der Waals surface area contributed by atoms with Crippen LogP contribution in [0.15, 0.2) is 23.5 Å². The standard InChI is InChI=1S/C11H13N5O2S/c1-7-2-3-8(6-13-7)10-14-15-11(19(12,17)18)16(10)9-4-5-9/h2-3,6,9H,4-5H2,1H3,(H2,12,17,18). The van der Waals surface area contributed by atoms with E-state index in [9.17, 15) is 8.42 Å². The number of hydrogen-bond acceptors (Lipinski definition) is 5. The smallest absolute Gasteiger partial charge is 0.273 e. The molecule has 0 atom stereocenters. The number of pyridine rings is 1. The number of hydrogen-bond donors (Lipinski definition) is 1. The Morgan fingerprint density at radius 3 is 2.58 bits per heavy atom. The Labute approximate surface area is 110 Å². The van der Waals surface area contributed by atoms with E-state index in [1.54, 1.807) is 10.8 Å². The minimum Gasteiger partial charge on any atom is -0.294 e. The van der Waals surface area contributed by atoms with Gasteiger partial charge in [-0.05, 0) is 31.9 Å². The van der Waals surface area contributed by atoms with Gasteiger partial charge in [0.2, 0.25) is 0 Å². The number of primary sulfonamides is 1. The minimum absolute atomic E-state index is 0.111. The van der Waals surface area contributed by atoms with Crippen molar-refractivity contribution in [3.63, 3.8) is 0 Å². The molecular formula is C11H13N5O2S. The van der Waals surface area contributed by atoms with Gasteiger partial charge in [0, 0.05) is 23.5 Å². The fourth-order valence-corrected chi connectivity index (χ4v) is 2.59. The molecule has 7 nitrogen and oxygen atoms in total. The Morgan fingerprint density at radius 1 is 1.32 bits per heavy atom. The topological polar surface area (TPSA) is 104 Å². The summed E-state index contributed by atoms with van der Waals surface area (Å²) >= 11 is 0. The van der Waals surface area contributed by atoms with Crippen LogP contribution >= 0.6 is 0 Å². The fraction of sp³-hybridized carbons (Fsp3) is 0.364. The van der Waals surface area contributed by atoms with Gasteiger partial charge in [0.1, 0.15) is 0 Å². The molecule has 1 saturated carbocycles. The van der Waals surface area contributed by atoms with Crippen molar-refractivity contribution < 1.29 is 8.42 Å². The van der Waals surface area contributed by atoms with E-state index in [1.807, 2.05) is 19.1 Å². The van der Waals surface area contributed by atoms with Crippen LogP contribution in [0.25, 0.3) is 11.4 Å². The van der Waals surface area contributed by atoms with Crippen LogP contribution in [-0.4, -0.2) is 28.2 Å². The predicted molar refractivity (Wildman–Crippen MR) is 67.6 cm³/mol. The van der Waals surface area contributed by atoms with Crippen molar-refractivity contribution in [1.29, 1.82) is 0 Å². The molecule has 0 aliphatic heterocycles. The van der Waals surface area contributed by atoms with Gasteiger partial charge in [0.05, 0.1) is 0 Å². The van der Waals surface area contributed by atoms with Crippen molar-refractivity contribution in [2.45, 2.75) is 31.0 Å². The lowest BCUT2D eigenvalue weighted by Crippen LogP contribution is -2.18. The third kappa shape index (κ3) is 2.24. The summed E-state index contributed by atoms with van der Waals surface area (Å²) in [4.78, 5) is 4.19. The quantitative estimate of drug-likeness (QED) is 0.887. The zero-order valence-electron chi connectivity index (χ0n) is 10.3. The molecule has 8 heteroatoms. The van der Waals surface area contributed by atoms with E-state index in [0.717, 1.165) is 24.1 Å². The Bertz CT molecular complexity index is 716. The number of sulfonamides is 1. The Hall–Kier alpha value is -1.80. The van der Waals surface area contributed by atoms with Gasteiger partial charge < -0.3 is 0 Å². The van der Waals surface area contributed by atoms with E-state index in [-0.39, 0.29) is 11.2 Å². The maximum Gasteiger partial charge on any atom is 0.273 e. The molecule has 1 aliphatic carbocycles. The molecule has 2 aromatic heterocycles. The van der Waals surface area contributed by atoms with Gasteiger partial charge in [0.25, 0.3) is 15.2 Å². The summed E-state index contributed by atoms with van der Waals surface area (Å²) in [6.45, 7) is 1.88. The third-order valence-corrected chi connectivity index (χ3v) is 3.79. The van der Waals surface area contributed by atoms with Crippen molar-refractivity contribution in [2.24, 2.45) is 5.14 Å². The monoisotopic (exact) mass is 279 g/mol. The van der Waals surface area contributed by atoms with Crippen LogP contribution in [0.5, 0.6) is 0 Å². The second-order valence-electron chi connectivity index (χ2n) is 4.64. The lowest BCUT2D eigenvalue weighted by molar-refractivity contribution is 0.567. The molecule has 0 bridgehead atoms. The van der Waals surface area contributed by atoms with Crippen molar-refractivity contribution in [3.8, 4) is 11.4 Å². The van der Waals surface area contributed by atoms with Crippen LogP contribution < -0.4 is 5.14 Å². The number of rotatable bonds is 3. The summed E-state index contributed by atoms with van der Waals surface area (Å²) in [5.74, 6) is 0.499. The average Bonchev–Trinajstić information content (AvgIpc) is 3.07. The first-order valence-electron chi connectivity index (χ1n) is 5.87. The third-order valence-electron chi connectivity index (χ3n) is 3.00. The maximum atomic E-state index is 11.5. The van der Waals surface area contributed by atoms with Crippen LogP contribution in [0.3, 0.4) is 0 Å². The molecule has 0 aromatic carbocycles. The first kappa shape index (κ1) is 12.2. The summed E-state index contributed by atoms with van der Waals surface area (Å²) < 4.78 is 24.6. The highest BCUT2D eigenvalue weighted by Gasteiger charge is 2.33. The summed E-state index contributed by atoms with van der Waals surface area (Å²) in [5, 5.41) is 12.7. The van der Waals surface area contributed by atoms with Crippen molar-refractivity contribution >= 4 is 10.0 Å². The van der Waals surface area contributed by atoms with E-state index < -0.39 is 10.0 Å². The highest BCUT2D eigenvalue weighted by molar-refractivity contribution is 7.89. The molecular weight excluding hydrogens is 266 g/mol. The molecule has 1 fully saturated rings. The summed E-state index contributed by atoms with van der Waals surface area (Å²) in [7, 11) is -3.86. The van der Waals surface area contributed by atoms with Crippen LogP contribution in [-0.2, 0) is 10.0 Å². The van der Waals surface area contributed by atoms with Gasteiger partial charge >= 0.3 is 0 Å². The fourth-order valence-electron chi connectivity index (χ4n) is 1.93. The maximum absolute atomic E-state index is 11.5. The van der Waals surface area contributed by atoms with Crippen molar-refractivity contribution in [3.05, 3.63) is 24.0 Å². The van der Waals surface area contributed by atoms with E-state index in [1.165, 1.54) is 0 Å². The van der Waals surface area contributed by atoms with E-state index in [0.29, 0.717) is 5.82 Å². The largest absolute Gasteiger partial charge is 0.294 e. The Morgan fingerprint density at radius 2 is 2.05 bits per heavy atom. The zero-order valence-corrected chi connectivity index (χ0v) is 11.1. The Kier molecular flexibility index (Phi) is 2.64. The molecule has 0 spiro atoms. The molecule has 0 unspecified atom stereocenters. The van der Waals surface area contributed by atoms with Crippen LogP contribution in [0.4, 0.5) is 0 Å². The van der Waals surface area contributed by atoms with Gasteiger partial charge in [-0.1, -0.05) is 0 Å². The lowest BCUT2D eigenvalue weighted by atomic mass is 10.2. The summed E-state index contributed by atoms with van der Waals surface area (Å²) in [6.07, 6.45) is 3.48. The van der Waals surface area contributed by atoms with Crippen molar-refractivity contribution in [2.75, 3.05) is 0 Å². The molecule has 0 saturated heterocycles. The average molecular weight is 279 g/mol. The van der Waals surface area contributed by atoms with Gasteiger partial charge in [-0.2, -0.15) is 0 Å². The highest BCUT2D eigenvalue weighted by atomic mass is 32.2. The van der Waals surface area contributed by atoms with Gasteiger partial charge in [-0.15, -0.1) is 10.2 Å². The first-order valence-corrected chi connectivity index (χ1v) is 7.42. The number of nitrogens with zero attached hydrogens (tertiary/aromatic N) is 4. The molecule has 1 aliphatic rings. The van der Waals surface area contributed by atoms with Crippen LogP contribution in [0.1, 0.15) is 24.6 Å². The van der Waals surface area contributed by atoms with E-state index in [2.05, 4.69) is 15.2 Å². The normalized spacial score (nSPS) is 15.7. The second-order valence-corrected chi connectivity index (χ2v) is 6.10. The van der Waals surface area contributed by atoms with Gasteiger partial charge in [-0.3, -0.25) is 9.55 Å². The molecule has 100 valence electrons. The zero-order chi connectivity index (χ0) is 13.6. The highest BCUT2D eigenvalue weighted by Crippen LogP contribution is 2.39. The van der Waals surface area contributed by atoms with Crippen molar-refractivity contribution in [1.82, 2.24) is 19.7 Å². The van der Waals surface area contributed by atoms with E-state index in [4.69, 9.17) is 5.14 Å². The summed E-state index contributed by atoms with van der Waals surface area (Å²) in [5.41, 5.74) is 1.62. The SMILES string of the molecule is Cc1ccc(-c2nnc(S(N)(=O)=O)n2C2CC2)cn1. The molecule has 2 aromatic rings.